The predicted molar refractivity (Wildman–Crippen MR) is 49.2 cm³/mol. The van der Waals surface area contributed by atoms with E-state index in [0.29, 0.717) is 19.5 Å². The van der Waals surface area contributed by atoms with Crippen LogP contribution < -0.4 is 0 Å². The monoisotopic (exact) mass is 184 g/mol. The van der Waals surface area contributed by atoms with E-state index in [9.17, 15) is 9.59 Å². The van der Waals surface area contributed by atoms with Crippen molar-refractivity contribution in [3.05, 3.63) is 0 Å². The normalized spacial score (nSPS) is 18.8. The van der Waals surface area contributed by atoms with E-state index >= 15 is 0 Å². The molecule has 0 aromatic carbocycles. The van der Waals surface area contributed by atoms with Gasteiger partial charge in [-0.1, -0.05) is 0 Å². The van der Waals surface area contributed by atoms with Crippen LogP contribution in [0.5, 0.6) is 0 Å². The molecule has 4 heteroatoms. The predicted octanol–water partition coefficient (Wildman–Crippen LogP) is 1.07. The molecule has 0 unspecified atom stereocenters. The number of rotatable bonds is 2. The maximum absolute atomic E-state index is 11.6. The molecule has 1 aliphatic heterocycles. The molecule has 1 rings (SSSR count). The lowest BCUT2D eigenvalue weighted by atomic mass is 10.2. The average Bonchev–Trinajstić information content (AvgIpc) is 2.04. The smallest absolute Gasteiger partial charge is 0.324 e. The minimum absolute atomic E-state index is 0.0330. The summed E-state index contributed by atoms with van der Waals surface area (Å²) in [6, 6.07) is -0.178. The van der Waals surface area contributed by atoms with Crippen molar-refractivity contribution in [2.45, 2.75) is 33.2 Å². The molecule has 3 amide bonds. The molecule has 1 aliphatic rings. The molecule has 13 heavy (non-hydrogen) atoms. The van der Waals surface area contributed by atoms with Crippen LogP contribution in [0.15, 0.2) is 0 Å². The fraction of sp³-hybridized carbons (Fsp3) is 0.778. The van der Waals surface area contributed by atoms with Gasteiger partial charge in [-0.25, -0.2) is 4.79 Å². The Morgan fingerprint density at radius 3 is 2.46 bits per heavy atom. The minimum atomic E-state index is -0.145. The second kappa shape index (κ2) is 3.77. The number of urea groups is 1. The van der Waals surface area contributed by atoms with Gasteiger partial charge < -0.3 is 4.90 Å². The maximum atomic E-state index is 11.6. The van der Waals surface area contributed by atoms with Gasteiger partial charge in [0, 0.05) is 25.6 Å². The Bertz CT molecular complexity index is 226. The highest BCUT2D eigenvalue weighted by Crippen LogP contribution is 2.13. The first-order valence-electron chi connectivity index (χ1n) is 4.69. The summed E-state index contributed by atoms with van der Waals surface area (Å²) in [7, 11) is 0. The van der Waals surface area contributed by atoms with E-state index in [0.717, 1.165) is 0 Å². The summed E-state index contributed by atoms with van der Waals surface area (Å²) in [4.78, 5) is 26.1. The van der Waals surface area contributed by atoms with Gasteiger partial charge in [-0.15, -0.1) is 0 Å². The Morgan fingerprint density at radius 2 is 2.00 bits per heavy atom. The van der Waals surface area contributed by atoms with Crippen LogP contribution in [0.4, 0.5) is 4.79 Å². The molecule has 0 aliphatic carbocycles. The highest BCUT2D eigenvalue weighted by atomic mass is 16.2. The van der Waals surface area contributed by atoms with Crippen molar-refractivity contribution in [1.29, 1.82) is 0 Å². The van der Waals surface area contributed by atoms with Crippen LogP contribution in [0, 0.1) is 0 Å². The summed E-state index contributed by atoms with van der Waals surface area (Å²) in [6.45, 7) is 6.88. The molecule has 1 fully saturated rings. The number of carbonyl (C=O) groups excluding carboxylic acids is 2. The van der Waals surface area contributed by atoms with E-state index in [4.69, 9.17) is 0 Å². The molecule has 0 aromatic rings. The first-order chi connectivity index (χ1) is 6.07. The van der Waals surface area contributed by atoms with Gasteiger partial charge in [0.25, 0.3) is 0 Å². The van der Waals surface area contributed by atoms with E-state index < -0.39 is 0 Å². The molecule has 1 saturated heterocycles. The van der Waals surface area contributed by atoms with Crippen molar-refractivity contribution < 1.29 is 9.59 Å². The van der Waals surface area contributed by atoms with Crippen LogP contribution in [0.25, 0.3) is 0 Å². The Balaban J connectivity index is 2.78. The van der Waals surface area contributed by atoms with E-state index in [2.05, 4.69) is 0 Å². The summed E-state index contributed by atoms with van der Waals surface area (Å²) in [6.07, 6.45) is 0.456. The fourth-order valence-electron chi connectivity index (χ4n) is 1.51. The van der Waals surface area contributed by atoms with Crippen LogP contribution in [-0.4, -0.2) is 40.9 Å². The van der Waals surface area contributed by atoms with Crippen LogP contribution in [0.2, 0.25) is 0 Å². The van der Waals surface area contributed by atoms with Gasteiger partial charge in [-0.3, -0.25) is 9.69 Å². The first-order valence-corrected chi connectivity index (χ1v) is 4.69. The molecule has 0 spiro atoms. The number of hydrogen-bond donors (Lipinski definition) is 0. The van der Waals surface area contributed by atoms with Gasteiger partial charge in [-0.2, -0.15) is 0 Å². The van der Waals surface area contributed by atoms with Gasteiger partial charge in [0.2, 0.25) is 5.91 Å². The van der Waals surface area contributed by atoms with Crippen molar-refractivity contribution >= 4 is 11.9 Å². The number of amides is 3. The van der Waals surface area contributed by atoms with Crippen LogP contribution in [0.1, 0.15) is 27.2 Å². The maximum Gasteiger partial charge on any atom is 0.326 e. The Morgan fingerprint density at radius 1 is 1.38 bits per heavy atom. The molecule has 0 aromatic heterocycles. The fourth-order valence-corrected chi connectivity index (χ4v) is 1.51. The quantitative estimate of drug-likeness (QED) is 0.644. The molecule has 0 N–H and O–H groups in total. The summed E-state index contributed by atoms with van der Waals surface area (Å²) >= 11 is 0. The third-order valence-electron chi connectivity index (χ3n) is 2.24. The molecule has 0 atom stereocenters. The second-order valence-electron chi connectivity index (χ2n) is 3.47. The highest BCUT2D eigenvalue weighted by Gasteiger charge is 2.32. The Kier molecular flexibility index (Phi) is 2.90. The molecular weight excluding hydrogens is 168 g/mol. The third kappa shape index (κ3) is 1.82. The van der Waals surface area contributed by atoms with Crippen molar-refractivity contribution in [1.82, 2.24) is 9.80 Å². The molecule has 0 saturated carbocycles. The van der Waals surface area contributed by atoms with Crippen molar-refractivity contribution in [3.8, 4) is 0 Å². The minimum Gasteiger partial charge on any atom is -0.324 e. The number of hydrogen-bond acceptors (Lipinski definition) is 2. The van der Waals surface area contributed by atoms with E-state index in [1.807, 2.05) is 20.8 Å². The van der Waals surface area contributed by atoms with Crippen LogP contribution >= 0.6 is 0 Å². The molecule has 4 nitrogen and oxygen atoms in total. The summed E-state index contributed by atoms with van der Waals surface area (Å²) in [5, 5.41) is 0. The summed E-state index contributed by atoms with van der Waals surface area (Å²) < 4.78 is 0. The van der Waals surface area contributed by atoms with Gasteiger partial charge >= 0.3 is 6.03 Å². The Labute approximate surface area is 78.5 Å². The zero-order valence-electron chi connectivity index (χ0n) is 8.41. The van der Waals surface area contributed by atoms with Gasteiger partial charge in [0.15, 0.2) is 0 Å². The number of nitrogens with zero attached hydrogens (tertiary/aromatic N) is 2. The SMILES string of the molecule is CCN1CCC(=O)N(C(C)C)C1=O. The van der Waals surface area contributed by atoms with Crippen molar-refractivity contribution in [3.63, 3.8) is 0 Å². The van der Waals surface area contributed by atoms with Gasteiger partial charge in [0.05, 0.1) is 0 Å². The second-order valence-corrected chi connectivity index (χ2v) is 3.47. The van der Waals surface area contributed by atoms with Gasteiger partial charge in [-0.05, 0) is 20.8 Å². The lowest BCUT2D eigenvalue weighted by Gasteiger charge is -2.35. The zero-order valence-corrected chi connectivity index (χ0v) is 8.41. The lowest BCUT2D eigenvalue weighted by molar-refractivity contribution is -0.132. The summed E-state index contributed by atoms with van der Waals surface area (Å²) in [5.41, 5.74) is 0. The van der Waals surface area contributed by atoms with Crippen LogP contribution in [-0.2, 0) is 4.79 Å². The highest BCUT2D eigenvalue weighted by molar-refractivity contribution is 5.97. The third-order valence-corrected chi connectivity index (χ3v) is 2.24. The summed E-state index contributed by atoms with van der Waals surface area (Å²) in [5.74, 6) is -0.0512. The standard InChI is InChI=1S/C9H16N2O2/c1-4-10-6-5-8(12)11(7(2)3)9(10)13/h7H,4-6H2,1-3H3. The number of carbonyl (C=O) groups is 2. The molecule has 0 bridgehead atoms. The zero-order chi connectivity index (χ0) is 10.0. The average molecular weight is 184 g/mol. The van der Waals surface area contributed by atoms with E-state index in [1.165, 1.54) is 4.90 Å². The lowest BCUT2D eigenvalue weighted by Crippen LogP contribution is -2.54. The largest absolute Gasteiger partial charge is 0.326 e. The molecule has 0 radical (unpaired) electrons. The van der Waals surface area contributed by atoms with Crippen LogP contribution in [0.3, 0.4) is 0 Å². The van der Waals surface area contributed by atoms with Crippen molar-refractivity contribution in [2.24, 2.45) is 0 Å². The molecular formula is C9H16N2O2. The Hall–Kier alpha value is -1.06. The number of imide groups is 1. The van der Waals surface area contributed by atoms with E-state index in [1.54, 1.807) is 4.90 Å². The topological polar surface area (TPSA) is 40.6 Å². The molecule has 1 heterocycles. The molecule has 74 valence electrons. The van der Waals surface area contributed by atoms with Crippen molar-refractivity contribution in [2.75, 3.05) is 13.1 Å². The first kappa shape index (κ1) is 10.0. The van der Waals surface area contributed by atoms with Gasteiger partial charge in [0.1, 0.15) is 0 Å². The van der Waals surface area contributed by atoms with E-state index in [-0.39, 0.29) is 18.0 Å².